The molecular weight excluding hydrogens is 238 g/mol. The molecule has 0 saturated carbocycles. The molecule has 1 unspecified atom stereocenters. The molecule has 1 N–H and O–H groups in total. The largest absolute Gasteiger partial charge is 0.489 e. The fourth-order valence-corrected chi connectivity index (χ4v) is 1.85. The van der Waals surface area contributed by atoms with Gasteiger partial charge in [-0.2, -0.15) is 0 Å². The SMILES string of the molecule is COC(=O)c1ccc2c(c1)OCC(C(=O)O)N2C. The fourth-order valence-electron chi connectivity index (χ4n) is 1.85. The van der Waals surface area contributed by atoms with Gasteiger partial charge in [0.1, 0.15) is 12.4 Å². The Morgan fingerprint density at radius 1 is 1.50 bits per heavy atom. The summed E-state index contributed by atoms with van der Waals surface area (Å²) in [5.74, 6) is -0.914. The zero-order chi connectivity index (χ0) is 13.3. The highest BCUT2D eigenvalue weighted by molar-refractivity contribution is 5.91. The third-order valence-electron chi connectivity index (χ3n) is 2.91. The van der Waals surface area contributed by atoms with E-state index in [-0.39, 0.29) is 6.61 Å². The minimum atomic E-state index is -0.944. The van der Waals surface area contributed by atoms with Gasteiger partial charge in [-0.25, -0.2) is 9.59 Å². The number of carboxylic acid groups (broad SMARTS) is 1. The van der Waals surface area contributed by atoms with E-state index in [1.54, 1.807) is 30.1 Å². The number of likely N-dealkylation sites (N-methyl/N-ethyl adjacent to an activating group) is 1. The van der Waals surface area contributed by atoms with Crippen LogP contribution in [-0.4, -0.2) is 43.9 Å². The molecule has 18 heavy (non-hydrogen) atoms. The minimum absolute atomic E-state index is 0.0451. The number of aliphatic carboxylic acids is 1. The summed E-state index contributed by atoms with van der Waals surface area (Å²) in [6.45, 7) is 0.0451. The monoisotopic (exact) mass is 251 g/mol. The Morgan fingerprint density at radius 2 is 2.22 bits per heavy atom. The van der Waals surface area contributed by atoms with Crippen LogP contribution in [0.15, 0.2) is 18.2 Å². The van der Waals surface area contributed by atoms with Gasteiger partial charge in [0.25, 0.3) is 0 Å². The summed E-state index contributed by atoms with van der Waals surface area (Å²) in [5.41, 5.74) is 1.01. The second-order valence-electron chi connectivity index (χ2n) is 3.95. The summed E-state index contributed by atoms with van der Waals surface area (Å²) in [6.07, 6.45) is 0. The van der Waals surface area contributed by atoms with Gasteiger partial charge in [0.2, 0.25) is 0 Å². The van der Waals surface area contributed by atoms with Gasteiger partial charge in [0, 0.05) is 7.05 Å². The van der Waals surface area contributed by atoms with E-state index in [9.17, 15) is 9.59 Å². The maximum Gasteiger partial charge on any atom is 0.337 e. The Bertz CT molecular complexity index is 499. The maximum atomic E-state index is 11.4. The van der Waals surface area contributed by atoms with Crippen molar-refractivity contribution in [3.63, 3.8) is 0 Å². The number of rotatable bonds is 2. The number of methoxy groups -OCH3 is 1. The smallest absolute Gasteiger partial charge is 0.337 e. The first-order valence-electron chi connectivity index (χ1n) is 5.35. The molecule has 0 fully saturated rings. The second-order valence-corrected chi connectivity index (χ2v) is 3.95. The van der Waals surface area contributed by atoms with Crippen LogP contribution in [0.1, 0.15) is 10.4 Å². The van der Waals surface area contributed by atoms with Crippen LogP contribution >= 0.6 is 0 Å². The number of esters is 1. The average Bonchev–Trinajstić information content (AvgIpc) is 2.37. The Balaban J connectivity index is 2.35. The highest BCUT2D eigenvalue weighted by Crippen LogP contribution is 2.33. The van der Waals surface area contributed by atoms with E-state index >= 15 is 0 Å². The number of ether oxygens (including phenoxy) is 2. The molecule has 6 nitrogen and oxygen atoms in total. The van der Waals surface area contributed by atoms with E-state index in [1.165, 1.54) is 7.11 Å². The molecule has 0 saturated heterocycles. The molecule has 0 spiro atoms. The molecule has 0 aliphatic carbocycles. The van der Waals surface area contributed by atoms with E-state index in [4.69, 9.17) is 9.84 Å². The third kappa shape index (κ3) is 1.97. The van der Waals surface area contributed by atoms with Crippen LogP contribution in [0.5, 0.6) is 5.75 Å². The number of hydrogen-bond acceptors (Lipinski definition) is 5. The zero-order valence-corrected chi connectivity index (χ0v) is 10.0. The van der Waals surface area contributed by atoms with Crippen molar-refractivity contribution in [2.45, 2.75) is 6.04 Å². The third-order valence-corrected chi connectivity index (χ3v) is 2.91. The van der Waals surface area contributed by atoms with Gasteiger partial charge in [-0.15, -0.1) is 0 Å². The fraction of sp³-hybridized carbons (Fsp3) is 0.333. The van der Waals surface area contributed by atoms with Crippen molar-refractivity contribution >= 4 is 17.6 Å². The molecule has 0 aromatic heterocycles. The molecule has 0 amide bonds. The molecule has 0 radical (unpaired) electrons. The van der Waals surface area contributed by atoms with E-state index in [0.29, 0.717) is 17.0 Å². The van der Waals surface area contributed by atoms with Crippen molar-refractivity contribution in [1.29, 1.82) is 0 Å². The lowest BCUT2D eigenvalue weighted by molar-refractivity contribution is -0.139. The first kappa shape index (κ1) is 12.2. The number of anilines is 1. The summed E-state index contributed by atoms with van der Waals surface area (Å²) in [6, 6.07) is 4.06. The molecule has 1 aliphatic heterocycles. The number of carboxylic acids is 1. The van der Waals surface area contributed by atoms with E-state index in [0.717, 1.165) is 0 Å². The first-order chi connectivity index (χ1) is 8.54. The number of hydrogen-bond donors (Lipinski definition) is 1. The van der Waals surface area contributed by atoms with E-state index < -0.39 is 18.0 Å². The number of fused-ring (bicyclic) bond motifs is 1. The van der Waals surface area contributed by atoms with Crippen molar-refractivity contribution < 1.29 is 24.2 Å². The van der Waals surface area contributed by atoms with Crippen molar-refractivity contribution in [3.8, 4) is 5.75 Å². The van der Waals surface area contributed by atoms with Crippen LogP contribution in [0.2, 0.25) is 0 Å². The van der Waals surface area contributed by atoms with Crippen LogP contribution in [-0.2, 0) is 9.53 Å². The Hall–Kier alpha value is -2.24. The summed E-state index contributed by atoms with van der Waals surface area (Å²) >= 11 is 0. The molecule has 1 aromatic carbocycles. The Morgan fingerprint density at radius 3 is 2.83 bits per heavy atom. The Labute approximate surface area is 104 Å². The van der Waals surface area contributed by atoms with Gasteiger partial charge in [-0.3, -0.25) is 0 Å². The van der Waals surface area contributed by atoms with Crippen LogP contribution in [0.25, 0.3) is 0 Å². The highest BCUT2D eigenvalue weighted by Gasteiger charge is 2.30. The van der Waals surface area contributed by atoms with E-state index in [1.807, 2.05) is 0 Å². The van der Waals surface area contributed by atoms with Crippen LogP contribution in [0.3, 0.4) is 0 Å². The predicted molar refractivity (Wildman–Crippen MR) is 63.1 cm³/mol. The molecule has 2 rings (SSSR count). The highest BCUT2D eigenvalue weighted by atomic mass is 16.5. The lowest BCUT2D eigenvalue weighted by Crippen LogP contribution is -2.45. The number of benzene rings is 1. The summed E-state index contributed by atoms with van der Waals surface area (Å²) in [4.78, 5) is 24.0. The van der Waals surface area contributed by atoms with Gasteiger partial charge in [0.05, 0.1) is 18.4 Å². The number of nitrogens with zero attached hydrogens (tertiary/aromatic N) is 1. The standard InChI is InChI=1S/C12H13NO5/c1-13-8-4-3-7(12(16)17-2)5-10(8)18-6-9(13)11(14)15/h3-5,9H,6H2,1-2H3,(H,14,15). The van der Waals surface area contributed by atoms with Gasteiger partial charge >= 0.3 is 11.9 Å². The average molecular weight is 251 g/mol. The number of carbonyl (C=O) groups excluding carboxylic acids is 1. The van der Waals surface area contributed by atoms with Crippen LogP contribution in [0.4, 0.5) is 5.69 Å². The van der Waals surface area contributed by atoms with Crippen molar-refractivity contribution in [1.82, 2.24) is 0 Å². The van der Waals surface area contributed by atoms with Crippen LogP contribution < -0.4 is 9.64 Å². The first-order valence-corrected chi connectivity index (χ1v) is 5.35. The quantitative estimate of drug-likeness (QED) is 0.782. The summed E-state index contributed by atoms with van der Waals surface area (Å²) in [5, 5.41) is 9.02. The van der Waals surface area contributed by atoms with Crippen molar-refractivity contribution in [2.75, 3.05) is 25.7 Å². The Kier molecular flexibility index (Phi) is 3.10. The second kappa shape index (κ2) is 4.56. The summed E-state index contributed by atoms with van der Waals surface area (Å²) < 4.78 is 9.98. The normalized spacial score (nSPS) is 17.7. The summed E-state index contributed by atoms with van der Waals surface area (Å²) in [7, 11) is 2.98. The van der Waals surface area contributed by atoms with Crippen LogP contribution in [0, 0.1) is 0 Å². The molecular formula is C12H13NO5. The molecule has 1 heterocycles. The van der Waals surface area contributed by atoms with Gasteiger partial charge < -0.3 is 19.5 Å². The molecule has 96 valence electrons. The maximum absolute atomic E-state index is 11.4. The number of carbonyl (C=O) groups is 2. The lowest BCUT2D eigenvalue weighted by atomic mass is 10.1. The molecule has 1 aromatic rings. The van der Waals surface area contributed by atoms with Crippen molar-refractivity contribution in [3.05, 3.63) is 23.8 Å². The topological polar surface area (TPSA) is 76.1 Å². The predicted octanol–water partition coefficient (Wildman–Crippen LogP) is 0.755. The zero-order valence-electron chi connectivity index (χ0n) is 10.0. The van der Waals surface area contributed by atoms with Gasteiger partial charge in [0.15, 0.2) is 6.04 Å². The molecule has 1 atom stereocenters. The van der Waals surface area contributed by atoms with Gasteiger partial charge in [-0.1, -0.05) is 0 Å². The molecule has 1 aliphatic rings. The minimum Gasteiger partial charge on any atom is -0.489 e. The lowest BCUT2D eigenvalue weighted by Gasteiger charge is -2.33. The molecule has 6 heteroatoms. The molecule has 0 bridgehead atoms. The van der Waals surface area contributed by atoms with E-state index in [2.05, 4.69) is 4.74 Å². The van der Waals surface area contributed by atoms with Crippen molar-refractivity contribution in [2.24, 2.45) is 0 Å². The van der Waals surface area contributed by atoms with Gasteiger partial charge in [-0.05, 0) is 18.2 Å².